The highest BCUT2D eigenvalue weighted by Gasteiger charge is 2.14. The molecule has 0 unspecified atom stereocenters. The summed E-state index contributed by atoms with van der Waals surface area (Å²) < 4.78 is 26.6. The topological polar surface area (TPSA) is 78.5 Å². The SMILES string of the molecule is CN(CC(=O)Nc1cccc(F)c1)C(=O)CSCC(=O)Nc1ccccc1F. The molecule has 2 rings (SSSR count). The molecule has 9 heteroatoms. The monoisotopic (exact) mass is 407 g/mol. The number of benzene rings is 2. The molecule has 0 radical (unpaired) electrons. The minimum absolute atomic E-state index is 0.0194. The number of hydrogen-bond donors (Lipinski definition) is 2. The molecule has 3 amide bonds. The third kappa shape index (κ3) is 6.99. The molecular formula is C19H19F2N3O3S. The smallest absolute Gasteiger partial charge is 0.243 e. The highest BCUT2D eigenvalue weighted by atomic mass is 32.2. The van der Waals surface area contributed by atoms with Crippen molar-refractivity contribution in [3.63, 3.8) is 0 Å². The molecule has 0 bridgehead atoms. The van der Waals surface area contributed by atoms with E-state index in [4.69, 9.17) is 0 Å². The van der Waals surface area contributed by atoms with E-state index in [0.717, 1.165) is 11.8 Å². The average Bonchev–Trinajstić information content (AvgIpc) is 2.63. The van der Waals surface area contributed by atoms with E-state index >= 15 is 0 Å². The summed E-state index contributed by atoms with van der Waals surface area (Å²) in [6.45, 7) is -0.211. The van der Waals surface area contributed by atoms with E-state index in [2.05, 4.69) is 10.6 Å². The fourth-order valence-corrected chi connectivity index (χ4v) is 2.92. The molecule has 0 heterocycles. The van der Waals surface area contributed by atoms with Gasteiger partial charge in [-0.15, -0.1) is 11.8 Å². The van der Waals surface area contributed by atoms with Crippen LogP contribution in [0.25, 0.3) is 0 Å². The Hall–Kier alpha value is -2.94. The zero-order chi connectivity index (χ0) is 20.5. The molecule has 0 atom stereocenters. The van der Waals surface area contributed by atoms with Gasteiger partial charge in [0.15, 0.2) is 0 Å². The van der Waals surface area contributed by atoms with Crippen molar-refractivity contribution >= 4 is 40.9 Å². The summed E-state index contributed by atoms with van der Waals surface area (Å²) in [4.78, 5) is 37.0. The van der Waals surface area contributed by atoms with Crippen molar-refractivity contribution in [2.24, 2.45) is 0 Å². The first kappa shape index (κ1) is 21.4. The molecule has 0 aliphatic heterocycles. The molecule has 0 spiro atoms. The minimum Gasteiger partial charge on any atom is -0.336 e. The maximum atomic E-state index is 13.5. The van der Waals surface area contributed by atoms with Gasteiger partial charge in [0.1, 0.15) is 11.6 Å². The number of amides is 3. The fraction of sp³-hybridized carbons (Fsp3) is 0.211. The van der Waals surface area contributed by atoms with E-state index in [9.17, 15) is 23.2 Å². The number of carbonyl (C=O) groups is 3. The molecule has 0 fully saturated rings. The Morgan fingerprint density at radius 2 is 1.71 bits per heavy atom. The van der Waals surface area contributed by atoms with Crippen LogP contribution >= 0.6 is 11.8 Å². The molecule has 2 aromatic rings. The predicted octanol–water partition coefficient (Wildman–Crippen LogP) is 2.73. The summed E-state index contributed by atoms with van der Waals surface area (Å²) >= 11 is 1.05. The van der Waals surface area contributed by atoms with E-state index in [1.54, 1.807) is 6.07 Å². The number of thioether (sulfide) groups is 1. The highest BCUT2D eigenvalue weighted by molar-refractivity contribution is 8.00. The van der Waals surface area contributed by atoms with E-state index in [-0.39, 0.29) is 29.6 Å². The molecular weight excluding hydrogens is 388 g/mol. The third-order valence-corrected chi connectivity index (χ3v) is 4.44. The number of likely N-dealkylation sites (N-methyl/N-ethyl adjacent to an activating group) is 1. The van der Waals surface area contributed by atoms with Gasteiger partial charge in [-0.25, -0.2) is 8.78 Å². The number of anilines is 2. The van der Waals surface area contributed by atoms with Crippen LogP contribution in [0.15, 0.2) is 48.5 Å². The molecule has 0 aliphatic rings. The second kappa shape index (κ2) is 10.4. The van der Waals surface area contributed by atoms with Crippen molar-refractivity contribution in [3.8, 4) is 0 Å². The van der Waals surface area contributed by atoms with E-state index < -0.39 is 23.4 Å². The second-order valence-electron chi connectivity index (χ2n) is 5.83. The van der Waals surface area contributed by atoms with Crippen LogP contribution < -0.4 is 10.6 Å². The first-order valence-corrected chi connectivity index (χ1v) is 9.42. The third-order valence-electron chi connectivity index (χ3n) is 3.52. The van der Waals surface area contributed by atoms with Gasteiger partial charge >= 0.3 is 0 Å². The van der Waals surface area contributed by atoms with Gasteiger partial charge in [-0.05, 0) is 30.3 Å². The van der Waals surface area contributed by atoms with Crippen molar-refractivity contribution < 1.29 is 23.2 Å². The zero-order valence-electron chi connectivity index (χ0n) is 15.1. The first-order chi connectivity index (χ1) is 13.3. The summed E-state index contributed by atoms with van der Waals surface area (Å²) in [5, 5.41) is 4.92. The molecule has 2 aromatic carbocycles. The largest absolute Gasteiger partial charge is 0.336 e. The van der Waals surface area contributed by atoms with Crippen LogP contribution in [0.3, 0.4) is 0 Å². The van der Waals surface area contributed by atoms with Crippen LogP contribution in [-0.2, 0) is 14.4 Å². The zero-order valence-corrected chi connectivity index (χ0v) is 15.9. The standard InChI is InChI=1S/C19H19F2N3O3S/c1-24(10-17(25)22-14-6-4-5-13(20)9-14)19(27)12-28-11-18(26)23-16-8-3-2-7-15(16)21/h2-9H,10-12H2,1H3,(H,22,25)(H,23,26). The van der Waals surface area contributed by atoms with Gasteiger partial charge in [-0.2, -0.15) is 0 Å². The van der Waals surface area contributed by atoms with Gasteiger partial charge in [0.25, 0.3) is 0 Å². The van der Waals surface area contributed by atoms with Gasteiger partial charge in [0.2, 0.25) is 17.7 Å². The number of carbonyl (C=O) groups excluding carboxylic acids is 3. The van der Waals surface area contributed by atoms with Crippen molar-refractivity contribution in [3.05, 3.63) is 60.2 Å². The van der Waals surface area contributed by atoms with Crippen LogP contribution in [0.2, 0.25) is 0 Å². The number of halogens is 2. The van der Waals surface area contributed by atoms with Crippen LogP contribution in [0, 0.1) is 11.6 Å². The van der Waals surface area contributed by atoms with E-state index in [0.29, 0.717) is 5.69 Å². The fourth-order valence-electron chi connectivity index (χ4n) is 2.16. The van der Waals surface area contributed by atoms with Crippen LogP contribution in [-0.4, -0.2) is 47.7 Å². The van der Waals surface area contributed by atoms with Crippen LogP contribution in [0.5, 0.6) is 0 Å². The van der Waals surface area contributed by atoms with Crippen molar-refractivity contribution in [1.82, 2.24) is 4.90 Å². The summed E-state index contributed by atoms with van der Waals surface area (Å²) in [5.74, 6) is -2.33. The van der Waals surface area contributed by atoms with Crippen molar-refractivity contribution in [2.75, 3.05) is 35.7 Å². The van der Waals surface area contributed by atoms with Gasteiger partial charge in [-0.1, -0.05) is 18.2 Å². The molecule has 28 heavy (non-hydrogen) atoms. The normalized spacial score (nSPS) is 10.2. The van der Waals surface area contributed by atoms with Crippen LogP contribution in [0.1, 0.15) is 0 Å². The van der Waals surface area contributed by atoms with E-state index in [1.807, 2.05) is 0 Å². The number of para-hydroxylation sites is 1. The van der Waals surface area contributed by atoms with Gasteiger partial charge in [-0.3, -0.25) is 14.4 Å². The average molecular weight is 407 g/mol. The van der Waals surface area contributed by atoms with Gasteiger partial charge < -0.3 is 15.5 Å². The quantitative estimate of drug-likeness (QED) is 0.705. The summed E-state index contributed by atoms with van der Waals surface area (Å²) in [5.41, 5.74) is 0.371. The second-order valence-corrected chi connectivity index (χ2v) is 6.81. The lowest BCUT2D eigenvalue weighted by molar-refractivity contribution is -0.131. The number of rotatable bonds is 8. The Bertz CT molecular complexity index is 864. The first-order valence-electron chi connectivity index (χ1n) is 8.26. The predicted molar refractivity (Wildman–Crippen MR) is 105 cm³/mol. The molecule has 6 nitrogen and oxygen atoms in total. The minimum atomic E-state index is -0.541. The lowest BCUT2D eigenvalue weighted by Crippen LogP contribution is -2.36. The number of hydrogen-bond acceptors (Lipinski definition) is 4. The molecule has 0 aliphatic carbocycles. The van der Waals surface area contributed by atoms with E-state index in [1.165, 1.54) is 54.4 Å². The Balaban J connectivity index is 1.71. The molecule has 0 aromatic heterocycles. The molecule has 148 valence electrons. The lowest BCUT2D eigenvalue weighted by atomic mass is 10.3. The Labute approximate surface area is 165 Å². The van der Waals surface area contributed by atoms with Crippen LogP contribution in [0.4, 0.5) is 20.2 Å². The highest BCUT2D eigenvalue weighted by Crippen LogP contribution is 2.13. The maximum Gasteiger partial charge on any atom is 0.243 e. The summed E-state index contributed by atoms with van der Waals surface area (Å²) in [6, 6.07) is 11.2. The van der Waals surface area contributed by atoms with Gasteiger partial charge in [0, 0.05) is 12.7 Å². The Morgan fingerprint density at radius 1 is 0.964 bits per heavy atom. The number of nitrogens with one attached hydrogen (secondary N) is 2. The molecule has 2 N–H and O–H groups in total. The molecule has 0 saturated carbocycles. The Kier molecular flexibility index (Phi) is 7.94. The summed E-state index contributed by atoms with van der Waals surface area (Å²) in [6.07, 6.45) is 0. The maximum absolute atomic E-state index is 13.5. The van der Waals surface area contributed by atoms with Crippen molar-refractivity contribution in [2.45, 2.75) is 0 Å². The molecule has 0 saturated heterocycles. The summed E-state index contributed by atoms with van der Waals surface area (Å²) in [7, 11) is 1.45. The Morgan fingerprint density at radius 3 is 2.43 bits per heavy atom. The lowest BCUT2D eigenvalue weighted by Gasteiger charge is -2.16. The van der Waals surface area contributed by atoms with Gasteiger partial charge in [0.05, 0.1) is 23.7 Å². The van der Waals surface area contributed by atoms with Crippen molar-refractivity contribution in [1.29, 1.82) is 0 Å². The number of nitrogens with zero attached hydrogens (tertiary/aromatic N) is 1.